The van der Waals surface area contributed by atoms with E-state index in [9.17, 15) is 0 Å². The molecule has 8 heteroatoms. The molecular weight excluding hydrogens is 572 g/mol. The highest BCUT2D eigenvalue weighted by Crippen LogP contribution is 2.34. The third kappa shape index (κ3) is 6.83. The number of nitrogens with zero attached hydrogens (tertiary/aromatic N) is 4. The van der Waals surface area contributed by atoms with E-state index in [0.717, 1.165) is 115 Å². The average Bonchev–Trinajstić information content (AvgIpc) is 3.46. The van der Waals surface area contributed by atoms with E-state index in [0.29, 0.717) is 12.1 Å². The summed E-state index contributed by atoms with van der Waals surface area (Å²) in [5.41, 5.74) is 11.2. The normalized spacial score (nSPS) is 19.0. The lowest BCUT2D eigenvalue weighted by Gasteiger charge is -2.27. The minimum absolute atomic E-state index is 0.0577. The number of hydrogen-bond acceptors (Lipinski definition) is 7. The molecule has 2 N–H and O–H groups in total. The first kappa shape index (κ1) is 31.8. The summed E-state index contributed by atoms with van der Waals surface area (Å²) >= 11 is 0. The van der Waals surface area contributed by atoms with E-state index < -0.39 is 0 Å². The number of nitrogens with one attached hydrogen (secondary N) is 2. The monoisotopic (exact) mass is 618 g/mol. The molecular formula is C38H46N6O2. The molecule has 0 amide bonds. The molecule has 2 aliphatic rings. The number of aromatic nitrogens is 4. The fourth-order valence-corrected chi connectivity index (χ4v) is 6.44. The SMILES string of the molecule is CCC(=N)/C(C)=C(\NC1CCCCO1)c1cccc(-c2cccc(-c3cccc(-c4c(C)c(CC)nn4C4CCCCO4)n3)c2)n1. The molecule has 46 heavy (non-hydrogen) atoms. The molecule has 5 heterocycles. The summed E-state index contributed by atoms with van der Waals surface area (Å²) in [5.74, 6) is 0. The third-order valence-electron chi connectivity index (χ3n) is 9.13. The Kier molecular flexibility index (Phi) is 10.0. The van der Waals surface area contributed by atoms with Crippen LogP contribution in [0.25, 0.3) is 39.6 Å². The van der Waals surface area contributed by atoms with E-state index in [1.165, 1.54) is 5.56 Å². The lowest BCUT2D eigenvalue weighted by molar-refractivity contribution is -0.0386. The van der Waals surface area contributed by atoms with Crippen molar-refractivity contribution >= 4 is 11.4 Å². The van der Waals surface area contributed by atoms with E-state index in [1.54, 1.807) is 0 Å². The second-order valence-electron chi connectivity index (χ2n) is 12.3. The van der Waals surface area contributed by atoms with Crippen LogP contribution in [0.3, 0.4) is 0 Å². The van der Waals surface area contributed by atoms with E-state index >= 15 is 0 Å². The first-order chi connectivity index (χ1) is 22.5. The van der Waals surface area contributed by atoms with E-state index in [-0.39, 0.29) is 12.5 Å². The highest BCUT2D eigenvalue weighted by Gasteiger charge is 2.25. The maximum absolute atomic E-state index is 8.57. The minimum atomic E-state index is -0.0754. The Bertz CT molecular complexity index is 1710. The number of pyridine rings is 2. The average molecular weight is 619 g/mol. The Morgan fingerprint density at radius 3 is 2.22 bits per heavy atom. The van der Waals surface area contributed by atoms with Gasteiger partial charge < -0.3 is 20.2 Å². The zero-order valence-corrected chi connectivity index (χ0v) is 27.6. The number of allylic oxidation sites excluding steroid dienone is 1. The van der Waals surface area contributed by atoms with E-state index in [2.05, 4.69) is 66.3 Å². The van der Waals surface area contributed by atoms with Gasteiger partial charge in [0.2, 0.25) is 0 Å². The van der Waals surface area contributed by atoms with E-state index in [1.807, 2.05) is 32.0 Å². The molecule has 2 saturated heterocycles. The van der Waals surface area contributed by atoms with Gasteiger partial charge in [-0.2, -0.15) is 5.10 Å². The third-order valence-corrected chi connectivity index (χ3v) is 9.13. The molecule has 0 bridgehead atoms. The Morgan fingerprint density at radius 1 is 0.870 bits per heavy atom. The summed E-state index contributed by atoms with van der Waals surface area (Å²) in [6.45, 7) is 9.83. The van der Waals surface area contributed by atoms with Gasteiger partial charge in [0.15, 0.2) is 6.23 Å². The fourth-order valence-electron chi connectivity index (χ4n) is 6.44. The molecule has 4 aromatic rings. The molecule has 2 fully saturated rings. The molecule has 8 nitrogen and oxygen atoms in total. The highest BCUT2D eigenvalue weighted by molar-refractivity contribution is 6.03. The van der Waals surface area contributed by atoms with Crippen molar-refractivity contribution < 1.29 is 9.47 Å². The molecule has 2 aliphatic heterocycles. The van der Waals surface area contributed by atoms with Gasteiger partial charge in [0, 0.05) is 30.1 Å². The van der Waals surface area contributed by atoms with Gasteiger partial charge in [-0.15, -0.1) is 0 Å². The maximum Gasteiger partial charge on any atom is 0.150 e. The van der Waals surface area contributed by atoms with Crippen molar-refractivity contribution in [1.29, 1.82) is 5.41 Å². The van der Waals surface area contributed by atoms with Crippen molar-refractivity contribution in [2.75, 3.05) is 13.2 Å². The Labute approximate surface area is 272 Å². The van der Waals surface area contributed by atoms with Gasteiger partial charge in [-0.3, -0.25) is 0 Å². The van der Waals surface area contributed by atoms with Crippen molar-refractivity contribution in [3.63, 3.8) is 0 Å². The quantitative estimate of drug-likeness (QED) is 0.173. The van der Waals surface area contributed by atoms with Crippen LogP contribution in [0, 0.1) is 12.3 Å². The zero-order chi connectivity index (χ0) is 32.0. The lowest BCUT2D eigenvalue weighted by Crippen LogP contribution is -2.34. The number of hydrogen-bond donors (Lipinski definition) is 2. The number of benzene rings is 1. The predicted molar refractivity (Wildman–Crippen MR) is 184 cm³/mol. The minimum Gasteiger partial charge on any atom is -0.359 e. The molecule has 2 atom stereocenters. The van der Waals surface area contributed by atoms with Crippen LogP contribution < -0.4 is 5.32 Å². The number of aryl methyl sites for hydroxylation is 1. The smallest absolute Gasteiger partial charge is 0.150 e. The second kappa shape index (κ2) is 14.5. The van der Waals surface area contributed by atoms with Crippen LogP contribution in [0.15, 0.2) is 66.2 Å². The van der Waals surface area contributed by atoms with Crippen molar-refractivity contribution in [2.45, 2.75) is 91.5 Å². The molecule has 1 aromatic carbocycles. The summed E-state index contributed by atoms with van der Waals surface area (Å²) in [4.78, 5) is 10.3. The Balaban J connectivity index is 1.34. The lowest BCUT2D eigenvalue weighted by atomic mass is 10.0. The standard InChI is InChI=1S/C38H46N6O2/c1-5-29(39)25(3)37(42-35-20-7-9-22-45-35)33-18-12-16-31(40-33)27-14-11-15-28(24-27)32-17-13-19-34(41-32)38-26(4)30(6-2)43-44(38)36-21-8-10-23-46-36/h11-19,24,35-36,39,42H,5-10,20-23H2,1-4H3/b37-25-,39-29?. The molecule has 0 spiro atoms. The predicted octanol–water partition coefficient (Wildman–Crippen LogP) is 8.52. The first-order valence-electron chi connectivity index (χ1n) is 16.9. The molecule has 240 valence electrons. The largest absolute Gasteiger partial charge is 0.359 e. The van der Waals surface area contributed by atoms with Gasteiger partial charge in [0.25, 0.3) is 0 Å². The first-order valence-corrected chi connectivity index (χ1v) is 16.9. The molecule has 6 rings (SSSR count). The van der Waals surface area contributed by atoms with Crippen LogP contribution in [0.2, 0.25) is 0 Å². The molecule has 0 saturated carbocycles. The second-order valence-corrected chi connectivity index (χ2v) is 12.3. The number of rotatable bonds is 10. The van der Waals surface area contributed by atoms with Gasteiger partial charge in [-0.1, -0.05) is 44.2 Å². The van der Waals surface area contributed by atoms with Crippen molar-refractivity contribution in [2.24, 2.45) is 0 Å². The molecule has 3 aromatic heterocycles. The summed E-state index contributed by atoms with van der Waals surface area (Å²) in [6, 6.07) is 20.7. The van der Waals surface area contributed by atoms with Crippen molar-refractivity contribution in [1.82, 2.24) is 25.1 Å². The van der Waals surface area contributed by atoms with Crippen LogP contribution in [0.1, 0.15) is 88.9 Å². The van der Waals surface area contributed by atoms with Crippen LogP contribution in [0.5, 0.6) is 0 Å². The van der Waals surface area contributed by atoms with Gasteiger partial charge in [0.05, 0.1) is 39.9 Å². The van der Waals surface area contributed by atoms with Crippen LogP contribution >= 0.6 is 0 Å². The number of ether oxygens (including phenoxy) is 2. The topological polar surface area (TPSA) is 97.9 Å². The van der Waals surface area contributed by atoms with Crippen molar-refractivity contribution in [3.8, 4) is 33.9 Å². The maximum atomic E-state index is 8.57. The molecule has 0 radical (unpaired) electrons. The highest BCUT2D eigenvalue weighted by atomic mass is 16.5. The Hall–Kier alpha value is -4.14. The summed E-state index contributed by atoms with van der Waals surface area (Å²) in [7, 11) is 0. The zero-order valence-electron chi connectivity index (χ0n) is 27.6. The van der Waals surface area contributed by atoms with Crippen LogP contribution in [-0.4, -0.2) is 44.9 Å². The Morgan fingerprint density at radius 2 is 1.54 bits per heavy atom. The van der Waals surface area contributed by atoms with Gasteiger partial charge in [-0.05, 0) is 107 Å². The molecule has 2 unspecified atom stereocenters. The molecule has 0 aliphatic carbocycles. The van der Waals surface area contributed by atoms with E-state index in [4.69, 9.17) is 29.9 Å². The summed E-state index contributed by atoms with van der Waals surface area (Å²) < 4.78 is 14.2. The van der Waals surface area contributed by atoms with Crippen molar-refractivity contribution in [3.05, 3.63) is 83.2 Å². The fraction of sp³-hybridized carbons (Fsp3) is 0.421. The van der Waals surface area contributed by atoms with Crippen LogP contribution in [0.4, 0.5) is 0 Å². The summed E-state index contributed by atoms with van der Waals surface area (Å²) in [6.07, 6.45) is 7.74. The van der Waals surface area contributed by atoms with Gasteiger partial charge >= 0.3 is 0 Å². The van der Waals surface area contributed by atoms with Gasteiger partial charge in [0.1, 0.15) is 6.23 Å². The van der Waals surface area contributed by atoms with Gasteiger partial charge in [-0.25, -0.2) is 14.6 Å². The summed E-state index contributed by atoms with van der Waals surface area (Å²) in [5, 5.41) is 17.1. The van der Waals surface area contributed by atoms with Crippen LogP contribution in [-0.2, 0) is 15.9 Å².